The van der Waals surface area contributed by atoms with Gasteiger partial charge in [0.05, 0.1) is 11.4 Å². The maximum Gasteiger partial charge on any atom is 0.194 e. The standard InChI is InChI=1S/C23H20N2O2S/c1-16-12-22(27-14-18-7-4-3-5-8-18)17(2)11-20(16)21-15-28-23(24-21)25-10-6-9-19(25)13-26/h3-13,15H,14H2,1-2H3. The topological polar surface area (TPSA) is 44.1 Å². The van der Waals surface area contributed by atoms with E-state index in [1.807, 2.05) is 42.8 Å². The lowest BCUT2D eigenvalue weighted by Crippen LogP contribution is -1.99. The Morgan fingerprint density at radius 1 is 1.07 bits per heavy atom. The van der Waals surface area contributed by atoms with Crippen LogP contribution in [0.4, 0.5) is 0 Å². The molecule has 0 atom stereocenters. The summed E-state index contributed by atoms with van der Waals surface area (Å²) in [6.07, 6.45) is 2.69. The molecule has 2 aromatic carbocycles. The van der Waals surface area contributed by atoms with E-state index in [4.69, 9.17) is 9.72 Å². The van der Waals surface area contributed by atoms with Crippen LogP contribution in [0.25, 0.3) is 16.4 Å². The molecule has 0 saturated carbocycles. The van der Waals surface area contributed by atoms with Gasteiger partial charge < -0.3 is 4.74 Å². The number of aldehydes is 1. The number of carbonyl (C=O) groups excluding carboxylic acids is 1. The van der Waals surface area contributed by atoms with E-state index in [0.717, 1.165) is 45.1 Å². The normalized spacial score (nSPS) is 10.8. The third-order valence-corrected chi connectivity index (χ3v) is 5.47. The summed E-state index contributed by atoms with van der Waals surface area (Å²) >= 11 is 1.52. The van der Waals surface area contributed by atoms with Gasteiger partial charge in [-0.2, -0.15) is 0 Å². The molecule has 28 heavy (non-hydrogen) atoms. The van der Waals surface area contributed by atoms with Gasteiger partial charge in [-0.15, -0.1) is 11.3 Å². The summed E-state index contributed by atoms with van der Waals surface area (Å²) in [5.41, 5.74) is 5.89. The maximum absolute atomic E-state index is 11.2. The van der Waals surface area contributed by atoms with E-state index in [1.54, 1.807) is 10.6 Å². The fraction of sp³-hybridized carbons (Fsp3) is 0.130. The fourth-order valence-corrected chi connectivity index (χ4v) is 3.95. The number of nitrogens with zero attached hydrogens (tertiary/aromatic N) is 2. The van der Waals surface area contributed by atoms with Gasteiger partial charge in [-0.05, 0) is 54.8 Å². The van der Waals surface area contributed by atoms with Gasteiger partial charge in [0.2, 0.25) is 0 Å². The smallest absolute Gasteiger partial charge is 0.194 e. The molecule has 4 nitrogen and oxygen atoms in total. The van der Waals surface area contributed by atoms with Gasteiger partial charge in [0.25, 0.3) is 0 Å². The molecule has 5 heteroatoms. The van der Waals surface area contributed by atoms with Crippen molar-refractivity contribution in [2.45, 2.75) is 20.5 Å². The predicted molar refractivity (Wildman–Crippen MR) is 113 cm³/mol. The molecule has 0 fully saturated rings. The summed E-state index contributed by atoms with van der Waals surface area (Å²) in [7, 11) is 0. The van der Waals surface area contributed by atoms with Crippen LogP contribution >= 0.6 is 11.3 Å². The molecular formula is C23H20N2O2S. The van der Waals surface area contributed by atoms with Gasteiger partial charge in [0, 0.05) is 17.1 Å². The Balaban J connectivity index is 1.59. The second kappa shape index (κ2) is 7.82. The molecule has 4 rings (SSSR count). The first-order valence-electron chi connectivity index (χ1n) is 9.02. The first-order valence-corrected chi connectivity index (χ1v) is 9.90. The zero-order valence-corrected chi connectivity index (χ0v) is 16.6. The number of aryl methyl sites for hydroxylation is 2. The molecule has 0 N–H and O–H groups in total. The minimum atomic E-state index is 0.545. The molecule has 0 radical (unpaired) electrons. The number of hydrogen-bond acceptors (Lipinski definition) is 4. The van der Waals surface area contributed by atoms with Crippen molar-refractivity contribution < 1.29 is 9.53 Å². The molecule has 4 aromatic rings. The van der Waals surface area contributed by atoms with Crippen LogP contribution in [0.2, 0.25) is 0 Å². The second-order valence-electron chi connectivity index (χ2n) is 6.64. The van der Waals surface area contributed by atoms with Crippen LogP contribution in [0.5, 0.6) is 5.75 Å². The molecule has 0 aliphatic rings. The van der Waals surface area contributed by atoms with Gasteiger partial charge in [-0.25, -0.2) is 4.98 Å². The second-order valence-corrected chi connectivity index (χ2v) is 7.48. The molecular weight excluding hydrogens is 368 g/mol. The Morgan fingerprint density at radius 3 is 2.68 bits per heavy atom. The van der Waals surface area contributed by atoms with Crippen molar-refractivity contribution in [3.63, 3.8) is 0 Å². The highest BCUT2D eigenvalue weighted by Gasteiger charge is 2.13. The quantitative estimate of drug-likeness (QED) is 0.403. The van der Waals surface area contributed by atoms with E-state index in [2.05, 4.69) is 31.2 Å². The SMILES string of the molecule is Cc1cc(-c2csc(-n3cccc3C=O)n2)c(C)cc1OCc1ccccc1. The molecule has 0 amide bonds. The van der Waals surface area contributed by atoms with Gasteiger partial charge in [0.1, 0.15) is 12.4 Å². The van der Waals surface area contributed by atoms with Crippen molar-refractivity contribution >= 4 is 17.6 Å². The molecule has 0 saturated heterocycles. The highest BCUT2D eigenvalue weighted by atomic mass is 32.1. The van der Waals surface area contributed by atoms with E-state index in [-0.39, 0.29) is 0 Å². The highest BCUT2D eigenvalue weighted by molar-refractivity contribution is 7.12. The van der Waals surface area contributed by atoms with Crippen LogP contribution in [0.15, 0.2) is 66.2 Å². The Hall–Kier alpha value is -3.18. The Morgan fingerprint density at radius 2 is 1.89 bits per heavy atom. The van der Waals surface area contributed by atoms with Crippen LogP contribution in [0.3, 0.4) is 0 Å². The van der Waals surface area contributed by atoms with Crippen molar-refractivity contribution in [1.82, 2.24) is 9.55 Å². The number of rotatable bonds is 6. The zero-order valence-electron chi connectivity index (χ0n) is 15.8. The molecule has 0 aliphatic carbocycles. The summed E-state index contributed by atoms with van der Waals surface area (Å²) in [5.74, 6) is 0.884. The number of aromatic nitrogens is 2. The van der Waals surface area contributed by atoms with Gasteiger partial charge in [-0.1, -0.05) is 30.3 Å². The van der Waals surface area contributed by atoms with Crippen molar-refractivity contribution in [3.05, 3.63) is 88.6 Å². The van der Waals surface area contributed by atoms with Crippen molar-refractivity contribution in [2.75, 3.05) is 0 Å². The van der Waals surface area contributed by atoms with E-state index in [9.17, 15) is 4.79 Å². The van der Waals surface area contributed by atoms with E-state index < -0.39 is 0 Å². The minimum absolute atomic E-state index is 0.545. The first-order chi connectivity index (χ1) is 13.7. The average Bonchev–Trinajstić information content (AvgIpc) is 3.38. The summed E-state index contributed by atoms with van der Waals surface area (Å²) in [6, 6.07) is 18.0. The Bertz CT molecular complexity index is 1110. The third kappa shape index (κ3) is 3.62. The number of carbonyl (C=O) groups is 1. The number of ether oxygens (including phenoxy) is 1. The van der Waals surface area contributed by atoms with Gasteiger partial charge in [0.15, 0.2) is 11.4 Å². The predicted octanol–water partition coefficient (Wildman–Crippen LogP) is 5.61. The number of benzene rings is 2. The number of hydrogen-bond donors (Lipinski definition) is 0. The fourth-order valence-electron chi connectivity index (χ4n) is 3.12. The van der Waals surface area contributed by atoms with E-state index in [1.165, 1.54) is 11.3 Å². The molecule has 0 spiro atoms. The Labute approximate surface area is 168 Å². The first kappa shape index (κ1) is 18.2. The highest BCUT2D eigenvalue weighted by Crippen LogP contribution is 2.32. The van der Waals surface area contributed by atoms with Crippen LogP contribution in [-0.2, 0) is 6.61 Å². The molecule has 0 bridgehead atoms. The van der Waals surface area contributed by atoms with Crippen molar-refractivity contribution in [1.29, 1.82) is 0 Å². The monoisotopic (exact) mass is 388 g/mol. The maximum atomic E-state index is 11.2. The molecule has 0 aliphatic heterocycles. The molecule has 140 valence electrons. The summed E-state index contributed by atoms with van der Waals surface area (Å²) in [4.78, 5) is 15.9. The van der Waals surface area contributed by atoms with Crippen molar-refractivity contribution in [2.24, 2.45) is 0 Å². The average molecular weight is 388 g/mol. The zero-order chi connectivity index (χ0) is 19.5. The van der Waals surface area contributed by atoms with Crippen LogP contribution in [0, 0.1) is 13.8 Å². The van der Waals surface area contributed by atoms with Crippen LogP contribution in [-0.4, -0.2) is 15.8 Å². The van der Waals surface area contributed by atoms with Crippen molar-refractivity contribution in [3.8, 4) is 22.1 Å². The lowest BCUT2D eigenvalue weighted by molar-refractivity contribution is 0.111. The van der Waals surface area contributed by atoms with Gasteiger partial charge >= 0.3 is 0 Å². The molecule has 0 unspecified atom stereocenters. The van der Waals surface area contributed by atoms with Crippen LogP contribution < -0.4 is 4.74 Å². The largest absolute Gasteiger partial charge is 0.489 e. The third-order valence-electron chi connectivity index (χ3n) is 4.63. The lowest BCUT2D eigenvalue weighted by atomic mass is 10.0. The number of thiazole rings is 1. The van der Waals surface area contributed by atoms with Crippen LogP contribution in [0.1, 0.15) is 27.2 Å². The van der Waals surface area contributed by atoms with E-state index in [0.29, 0.717) is 12.3 Å². The van der Waals surface area contributed by atoms with E-state index >= 15 is 0 Å². The van der Waals surface area contributed by atoms with Gasteiger partial charge in [-0.3, -0.25) is 9.36 Å². The lowest BCUT2D eigenvalue weighted by Gasteiger charge is -2.13. The summed E-state index contributed by atoms with van der Waals surface area (Å²) < 4.78 is 7.83. The summed E-state index contributed by atoms with van der Waals surface area (Å²) in [5, 5.41) is 2.81. The molecule has 2 aromatic heterocycles. The molecule has 2 heterocycles. The Kier molecular flexibility index (Phi) is 5.08. The summed E-state index contributed by atoms with van der Waals surface area (Å²) in [6.45, 7) is 4.66. The minimum Gasteiger partial charge on any atom is -0.489 e.